The van der Waals surface area contributed by atoms with Gasteiger partial charge in [0.05, 0.1) is 29.7 Å². The van der Waals surface area contributed by atoms with Gasteiger partial charge in [0, 0.05) is 10.6 Å². The quantitative estimate of drug-likeness (QED) is 0.418. The molecule has 3 aromatic carbocycles. The topological polar surface area (TPSA) is 44.1 Å². The number of aromatic nitrogens is 2. The van der Waals surface area contributed by atoms with Gasteiger partial charge in [0.25, 0.3) is 0 Å². The fraction of sp³-hybridized carbons (Fsp3) is 0.130. The number of benzene rings is 3. The van der Waals surface area contributed by atoms with Crippen LogP contribution in [0.2, 0.25) is 5.02 Å². The van der Waals surface area contributed by atoms with Gasteiger partial charge in [-0.05, 0) is 36.8 Å². The Morgan fingerprint density at radius 1 is 1.04 bits per heavy atom. The number of hydrogen-bond donors (Lipinski definition) is 0. The van der Waals surface area contributed by atoms with Crippen molar-refractivity contribution in [2.45, 2.75) is 13.5 Å². The standard InChI is InChI=1S/C23H19ClN2O2/c1-2-28-23(27)17-12-13-20-21(14-17)26(15-18-10-6-7-11-19(18)24)22(25-20)16-8-4-3-5-9-16/h3-14H,2,15H2,1H3. The third-order valence-electron chi connectivity index (χ3n) is 4.58. The summed E-state index contributed by atoms with van der Waals surface area (Å²) in [6.07, 6.45) is 0. The predicted octanol–water partition coefficient (Wildman–Crippen LogP) is 5.58. The number of carbonyl (C=O) groups excluding carboxylic acids is 1. The number of hydrogen-bond acceptors (Lipinski definition) is 3. The smallest absolute Gasteiger partial charge is 0.338 e. The second kappa shape index (κ2) is 7.87. The van der Waals surface area contributed by atoms with Crippen molar-refractivity contribution in [2.24, 2.45) is 0 Å². The van der Waals surface area contributed by atoms with E-state index in [0.29, 0.717) is 23.7 Å². The summed E-state index contributed by atoms with van der Waals surface area (Å²) in [4.78, 5) is 17.0. The molecule has 0 aliphatic rings. The molecule has 4 rings (SSSR count). The van der Waals surface area contributed by atoms with Crippen molar-refractivity contribution in [3.63, 3.8) is 0 Å². The van der Waals surface area contributed by atoms with Gasteiger partial charge in [-0.3, -0.25) is 0 Å². The number of carbonyl (C=O) groups is 1. The average molecular weight is 391 g/mol. The zero-order valence-corrected chi connectivity index (χ0v) is 16.2. The number of halogens is 1. The van der Waals surface area contributed by atoms with Crippen molar-refractivity contribution < 1.29 is 9.53 Å². The van der Waals surface area contributed by atoms with Crippen LogP contribution in [0.3, 0.4) is 0 Å². The fourth-order valence-corrected chi connectivity index (χ4v) is 3.42. The first-order valence-electron chi connectivity index (χ1n) is 9.13. The Morgan fingerprint density at radius 2 is 1.79 bits per heavy atom. The van der Waals surface area contributed by atoms with Gasteiger partial charge in [0.15, 0.2) is 0 Å². The highest BCUT2D eigenvalue weighted by atomic mass is 35.5. The number of imidazole rings is 1. The van der Waals surface area contributed by atoms with Crippen molar-refractivity contribution in [1.29, 1.82) is 0 Å². The van der Waals surface area contributed by atoms with E-state index in [0.717, 1.165) is 28.0 Å². The van der Waals surface area contributed by atoms with Crippen LogP contribution in [0, 0.1) is 0 Å². The highest BCUT2D eigenvalue weighted by Gasteiger charge is 2.16. The molecule has 0 N–H and O–H groups in total. The average Bonchev–Trinajstić information content (AvgIpc) is 3.08. The number of rotatable bonds is 5. The van der Waals surface area contributed by atoms with E-state index in [1.165, 1.54) is 0 Å². The molecule has 4 nitrogen and oxygen atoms in total. The highest BCUT2D eigenvalue weighted by Crippen LogP contribution is 2.28. The zero-order chi connectivity index (χ0) is 19.5. The molecule has 28 heavy (non-hydrogen) atoms. The van der Waals surface area contributed by atoms with E-state index in [4.69, 9.17) is 21.3 Å². The molecule has 0 spiro atoms. The molecule has 0 unspecified atom stereocenters. The number of esters is 1. The molecule has 1 aromatic heterocycles. The van der Waals surface area contributed by atoms with Crippen molar-refractivity contribution in [3.8, 4) is 11.4 Å². The molecule has 0 bridgehead atoms. The lowest BCUT2D eigenvalue weighted by Gasteiger charge is -2.11. The van der Waals surface area contributed by atoms with Crippen LogP contribution >= 0.6 is 11.6 Å². The Hall–Kier alpha value is -3.11. The van der Waals surface area contributed by atoms with E-state index in [2.05, 4.69) is 4.57 Å². The SMILES string of the molecule is CCOC(=O)c1ccc2nc(-c3ccccc3)n(Cc3ccccc3Cl)c2c1. The van der Waals surface area contributed by atoms with E-state index < -0.39 is 0 Å². The van der Waals surface area contributed by atoms with Gasteiger partial charge in [-0.25, -0.2) is 9.78 Å². The fourth-order valence-electron chi connectivity index (χ4n) is 3.23. The van der Waals surface area contributed by atoms with Crippen molar-refractivity contribution in [1.82, 2.24) is 9.55 Å². The van der Waals surface area contributed by atoms with Crippen LogP contribution < -0.4 is 0 Å². The van der Waals surface area contributed by atoms with Gasteiger partial charge in [-0.2, -0.15) is 0 Å². The van der Waals surface area contributed by atoms with E-state index >= 15 is 0 Å². The van der Waals surface area contributed by atoms with Crippen LogP contribution in [-0.2, 0) is 11.3 Å². The molecule has 0 aliphatic heterocycles. The molecule has 5 heteroatoms. The van der Waals surface area contributed by atoms with Gasteiger partial charge in [0.2, 0.25) is 0 Å². The number of fused-ring (bicyclic) bond motifs is 1. The predicted molar refractivity (Wildman–Crippen MR) is 112 cm³/mol. The molecule has 0 saturated heterocycles. The Morgan fingerprint density at radius 3 is 2.54 bits per heavy atom. The van der Waals surface area contributed by atoms with E-state index in [-0.39, 0.29) is 5.97 Å². The molecular formula is C23H19ClN2O2. The van der Waals surface area contributed by atoms with Gasteiger partial charge < -0.3 is 9.30 Å². The molecule has 0 amide bonds. The van der Waals surface area contributed by atoms with Crippen molar-refractivity contribution in [3.05, 3.63) is 88.9 Å². The monoisotopic (exact) mass is 390 g/mol. The summed E-state index contributed by atoms with van der Waals surface area (Å²) in [6, 6.07) is 23.2. The van der Waals surface area contributed by atoms with Crippen LogP contribution in [0.1, 0.15) is 22.8 Å². The lowest BCUT2D eigenvalue weighted by atomic mass is 10.1. The Kier molecular flexibility index (Phi) is 5.13. The van der Waals surface area contributed by atoms with Gasteiger partial charge in [-0.1, -0.05) is 60.1 Å². The van der Waals surface area contributed by atoms with E-state index in [1.54, 1.807) is 13.0 Å². The Labute approximate surface area is 168 Å². The van der Waals surface area contributed by atoms with Crippen LogP contribution in [-0.4, -0.2) is 22.1 Å². The first-order chi connectivity index (χ1) is 13.7. The van der Waals surface area contributed by atoms with Crippen molar-refractivity contribution >= 4 is 28.6 Å². The minimum atomic E-state index is -0.337. The number of nitrogens with zero attached hydrogens (tertiary/aromatic N) is 2. The maximum Gasteiger partial charge on any atom is 0.338 e. The summed E-state index contributed by atoms with van der Waals surface area (Å²) in [7, 11) is 0. The molecule has 1 heterocycles. The Bertz CT molecular complexity index is 1140. The van der Waals surface area contributed by atoms with E-state index in [1.807, 2.05) is 66.7 Å². The molecular weight excluding hydrogens is 372 g/mol. The summed E-state index contributed by atoms with van der Waals surface area (Å²) >= 11 is 6.41. The maximum atomic E-state index is 12.2. The maximum absolute atomic E-state index is 12.2. The summed E-state index contributed by atoms with van der Waals surface area (Å²) in [5, 5.41) is 0.699. The zero-order valence-electron chi connectivity index (χ0n) is 15.4. The van der Waals surface area contributed by atoms with Crippen molar-refractivity contribution in [2.75, 3.05) is 6.61 Å². The number of ether oxygens (including phenoxy) is 1. The molecule has 0 aliphatic carbocycles. The van der Waals surface area contributed by atoms with Crippen LogP contribution in [0.5, 0.6) is 0 Å². The normalized spacial score (nSPS) is 10.9. The summed E-state index contributed by atoms with van der Waals surface area (Å²) < 4.78 is 7.25. The third-order valence-corrected chi connectivity index (χ3v) is 4.95. The molecule has 0 atom stereocenters. The minimum absolute atomic E-state index is 0.337. The second-order valence-electron chi connectivity index (χ2n) is 6.40. The molecule has 0 radical (unpaired) electrons. The summed E-state index contributed by atoms with van der Waals surface area (Å²) in [5.74, 6) is 0.493. The van der Waals surface area contributed by atoms with Gasteiger partial charge in [-0.15, -0.1) is 0 Å². The second-order valence-corrected chi connectivity index (χ2v) is 6.81. The lowest BCUT2D eigenvalue weighted by molar-refractivity contribution is 0.0526. The largest absolute Gasteiger partial charge is 0.462 e. The highest BCUT2D eigenvalue weighted by molar-refractivity contribution is 6.31. The minimum Gasteiger partial charge on any atom is -0.462 e. The van der Waals surface area contributed by atoms with Gasteiger partial charge in [0.1, 0.15) is 5.82 Å². The molecule has 4 aromatic rings. The van der Waals surface area contributed by atoms with Crippen LogP contribution in [0.25, 0.3) is 22.4 Å². The summed E-state index contributed by atoms with van der Waals surface area (Å²) in [6.45, 7) is 2.68. The molecule has 0 fully saturated rings. The van der Waals surface area contributed by atoms with Gasteiger partial charge >= 0.3 is 5.97 Å². The van der Waals surface area contributed by atoms with Crippen LogP contribution in [0.15, 0.2) is 72.8 Å². The molecule has 140 valence electrons. The van der Waals surface area contributed by atoms with Crippen LogP contribution in [0.4, 0.5) is 0 Å². The third kappa shape index (κ3) is 3.51. The lowest BCUT2D eigenvalue weighted by Crippen LogP contribution is -2.06. The first-order valence-corrected chi connectivity index (χ1v) is 9.51. The Balaban J connectivity index is 1.90. The molecule has 0 saturated carbocycles. The van der Waals surface area contributed by atoms with E-state index in [9.17, 15) is 4.79 Å². The first kappa shape index (κ1) is 18.3. The summed E-state index contributed by atoms with van der Waals surface area (Å²) in [5.41, 5.74) is 4.18.